The van der Waals surface area contributed by atoms with Crippen molar-refractivity contribution in [2.45, 2.75) is 50.5 Å². The van der Waals surface area contributed by atoms with Crippen molar-refractivity contribution in [1.29, 1.82) is 0 Å². The maximum atomic E-state index is 11.3. The molecule has 1 heterocycles. The summed E-state index contributed by atoms with van der Waals surface area (Å²) in [5.74, 6) is 1.37. The Kier molecular flexibility index (Phi) is 5.69. The Morgan fingerprint density at radius 3 is 2.59 bits per heavy atom. The Morgan fingerprint density at radius 2 is 1.96 bits per heavy atom. The minimum atomic E-state index is -0.793. The van der Waals surface area contributed by atoms with Gasteiger partial charge in [0.2, 0.25) is 0 Å². The van der Waals surface area contributed by atoms with Crippen LogP contribution in [-0.2, 0) is 4.74 Å². The van der Waals surface area contributed by atoms with Crippen LogP contribution in [0.3, 0.4) is 0 Å². The quantitative estimate of drug-likeness (QED) is 0.730. The first kappa shape index (κ1) is 18.8. The van der Waals surface area contributed by atoms with Crippen LogP contribution in [0.4, 0.5) is 4.79 Å². The monoisotopic (exact) mass is 372 g/mol. The first-order valence-corrected chi connectivity index (χ1v) is 10.5. The fourth-order valence-electron chi connectivity index (χ4n) is 4.48. The summed E-state index contributed by atoms with van der Waals surface area (Å²) in [4.78, 5) is 12.8. The third-order valence-electron chi connectivity index (χ3n) is 6.84. The largest absolute Gasteiger partial charge is 0.465 e. The van der Waals surface area contributed by atoms with Crippen molar-refractivity contribution < 1.29 is 14.6 Å². The second-order valence-electron chi connectivity index (χ2n) is 8.82. The Balaban J connectivity index is 1.30. The van der Waals surface area contributed by atoms with Gasteiger partial charge >= 0.3 is 6.09 Å². The van der Waals surface area contributed by atoms with Crippen LogP contribution < -0.4 is 5.32 Å². The molecule has 3 fully saturated rings. The second-order valence-corrected chi connectivity index (χ2v) is 8.82. The lowest BCUT2D eigenvalue weighted by atomic mass is 9.78. The van der Waals surface area contributed by atoms with Crippen LogP contribution in [0.25, 0.3) is 0 Å². The number of nitrogens with one attached hydrogen (secondary N) is 1. The highest BCUT2D eigenvalue weighted by Crippen LogP contribution is 2.42. The van der Waals surface area contributed by atoms with Gasteiger partial charge in [-0.05, 0) is 43.6 Å². The van der Waals surface area contributed by atoms with E-state index >= 15 is 0 Å². The number of carboxylic acid groups (broad SMARTS) is 1. The van der Waals surface area contributed by atoms with Crippen LogP contribution in [0.15, 0.2) is 30.3 Å². The summed E-state index contributed by atoms with van der Waals surface area (Å²) in [7, 11) is 0. The molecule has 1 aromatic rings. The zero-order chi connectivity index (χ0) is 18.7. The smallest absolute Gasteiger partial charge is 0.407 e. The molecule has 1 saturated heterocycles. The summed E-state index contributed by atoms with van der Waals surface area (Å²) >= 11 is 0. The van der Waals surface area contributed by atoms with Gasteiger partial charge in [0, 0.05) is 43.6 Å². The molecule has 1 aromatic carbocycles. The van der Waals surface area contributed by atoms with Gasteiger partial charge in [0.1, 0.15) is 0 Å². The number of piperidine rings is 1. The minimum absolute atomic E-state index is 0.0690. The fourth-order valence-corrected chi connectivity index (χ4v) is 4.48. The van der Waals surface area contributed by atoms with E-state index in [2.05, 4.69) is 35.6 Å². The summed E-state index contributed by atoms with van der Waals surface area (Å²) < 4.78 is 6.13. The molecule has 0 radical (unpaired) electrons. The zero-order valence-corrected chi connectivity index (χ0v) is 16.1. The average Bonchev–Trinajstić information content (AvgIpc) is 3.43. The first-order chi connectivity index (χ1) is 13.2. The van der Waals surface area contributed by atoms with E-state index in [1.807, 2.05) is 0 Å². The molecule has 4 rings (SSSR count). The van der Waals surface area contributed by atoms with Gasteiger partial charge in [0.25, 0.3) is 0 Å². The van der Waals surface area contributed by atoms with E-state index in [9.17, 15) is 9.90 Å². The summed E-state index contributed by atoms with van der Waals surface area (Å²) in [5.41, 5.74) is 1.49. The molecule has 0 spiro atoms. The van der Waals surface area contributed by atoms with E-state index in [1.54, 1.807) is 4.90 Å². The Bertz CT molecular complexity index is 624. The van der Waals surface area contributed by atoms with Crippen LogP contribution in [0.5, 0.6) is 0 Å². The molecule has 1 aliphatic heterocycles. The summed E-state index contributed by atoms with van der Waals surface area (Å²) in [6.07, 6.45) is 6.14. The van der Waals surface area contributed by atoms with E-state index < -0.39 is 6.09 Å². The molecule has 2 N–H and O–H groups in total. The molecular weight excluding hydrogens is 340 g/mol. The Morgan fingerprint density at radius 1 is 1.22 bits per heavy atom. The third kappa shape index (κ3) is 4.64. The third-order valence-corrected chi connectivity index (χ3v) is 6.84. The molecule has 148 valence electrons. The SMILES string of the molecule is O=C(O)N1CCC(CN[C@@H]2C[C@H]2c2ccccc2)(COCC2CCC2)CC1. The number of nitrogens with zero attached hydrogens (tertiary/aromatic N) is 1. The Labute approximate surface area is 162 Å². The van der Waals surface area contributed by atoms with Crippen molar-refractivity contribution in [2.24, 2.45) is 11.3 Å². The molecule has 0 unspecified atom stereocenters. The second kappa shape index (κ2) is 8.19. The van der Waals surface area contributed by atoms with Crippen molar-refractivity contribution >= 4 is 6.09 Å². The van der Waals surface area contributed by atoms with Crippen molar-refractivity contribution in [1.82, 2.24) is 10.2 Å². The molecule has 27 heavy (non-hydrogen) atoms. The molecule has 0 bridgehead atoms. The van der Waals surface area contributed by atoms with Crippen LogP contribution in [0.1, 0.15) is 50.0 Å². The molecule has 3 aliphatic rings. The molecule has 2 aliphatic carbocycles. The average molecular weight is 373 g/mol. The number of benzene rings is 1. The van der Waals surface area contributed by atoms with Crippen molar-refractivity contribution in [3.63, 3.8) is 0 Å². The van der Waals surface area contributed by atoms with Crippen molar-refractivity contribution in [3.8, 4) is 0 Å². The van der Waals surface area contributed by atoms with Gasteiger partial charge in [-0.2, -0.15) is 0 Å². The zero-order valence-electron chi connectivity index (χ0n) is 16.1. The normalized spacial score (nSPS) is 27.2. The van der Waals surface area contributed by atoms with E-state index in [0.717, 1.165) is 38.5 Å². The predicted octanol–water partition coefficient (Wildman–Crippen LogP) is 3.71. The number of hydrogen-bond acceptors (Lipinski definition) is 3. The lowest BCUT2D eigenvalue weighted by molar-refractivity contribution is -0.0180. The predicted molar refractivity (Wildman–Crippen MR) is 105 cm³/mol. The van der Waals surface area contributed by atoms with Gasteiger partial charge in [-0.3, -0.25) is 0 Å². The van der Waals surface area contributed by atoms with Crippen LogP contribution in [-0.4, -0.2) is 55.0 Å². The highest BCUT2D eigenvalue weighted by molar-refractivity contribution is 5.65. The Hall–Kier alpha value is -1.59. The molecule has 2 saturated carbocycles. The standard InChI is InChI=1S/C22H32N2O3/c25-21(26)24-11-9-22(10-12-24,16-27-14-17-5-4-6-17)15-23-20-13-19(20)18-7-2-1-3-8-18/h1-3,7-8,17,19-20,23H,4-6,9-16H2,(H,25,26)/t19-,20+/m0/s1. The number of likely N-dealkylation sites (tertiary alicyclic amines) is 1. The van der Waals surface area contributed by atoms with Crippen LogP contribution in [0, 0.1) is 11.3 Å². The van der Waals surface area contributed by atoms with Crippen molar-refractivity contribution in [2.75, 3.05) is 32.8 Å². The van der Waals surface area contributed by atoms with Crippen molar-refractivity contribution in [3.05, 3.63) is 35.9 Å². The number of carbonyl (C=O) groups is 1. The lowest BCUT2D eigenvalue weighted by Crippen LogP contribution is -2.49. The van der Waals surface area contributed by atoms with E-state index in [4.69, 9.17) is 4.74 Å². The van der Waals surface area contributed by atoms with Gasteiger partial charge in [0.15, 0.2) is 0 Å². The molecule has 1 amide bonds. The van der Waals surface area contributed by atoms with Gasteiger partial charge in [-0.1, -0.05) is 36.8 Å². The molecule has 0 aromatic heterocycles. The summed E-state index contributed by atoms with van der Waals surface area (Å²) in [5, 5.41) is 13.0. The maximum absolute atomic E-state index is 11.3. The van der Waals surface area contributed by atoms with Gasteiger partial charge in [-0.15, -0.1) is 0 Å². The molecular formula is C22H32N2O3. The summed E-state index contributed by atoms with van der Waals surface area (Å²) in [6.45, 7) is 3.80. The fraction of sp³-hybridized carbons (Fsp3) is 0.682. The van der Waals surface area contributed by atoms with E-state index in [1.165, 1.54) is 31.2 Å². The van der Waals surface area contributed by atoms with Gasteiger partial charge in [-0.25, -0.2) is 4.79 Å². The van der Waals surface area contributed by atoms with E-state index in [0.29, 0.717) is 25.0 Å². The van der Waals surface area contributed by atoms with Crippen LogP contribution >= 0.6 is 0 Å². The van der Waals surface area contributed by atoms with Gasteiger partial charge in [0.05, 0.1) is 6.61 Å². The molecule has 2 atom stereocenters. The topological polar surface area (TPSA) is 61.8 Å². The van der Waals surface area contributed by atoms with Gasteiger partial charge < -0.3 is 20.1 Å². The van der Waals surface area contributed by atoms with Crippen LogP contribution in [0.2, 0.25) is 0 Å². The highest BCUT2D eigenvalue weighted by atomic mass is 16.5. The number of hydrogen-bond donors (Lipinski definition) is 2. The number of rotatable bonds is 8. The number of ether oxygens (including phenoxy) is 1. The highest BCUT2D eigenvalue weighted by Gasteiger charge is 2.42. The lowest BCUT2D eigenvalue weighted by Gasteiger charge is -2.41. The molecule has 5 nitrogen and oxygen atoms in total. The van der Waals surface area contributed by atoms with E-state index in [-0.39, 0.29) is 5.41 Å². The maximum Gasteiger partial charge on any atom is 0.407 e. The number of amides is 1. The molecule has 5 heteroatoms. The first-order valence-electron chi connectivity index (χ1n) is 10.5. The summed E-state index contributed by atoms with van der Waals surface area (Å²) in [6, 6.07) is 11.3. The minimum Gasteiger partial charge on any atom is -0.465 e.